The second-order valence-corrected chi connectivity index (χ2v) is 6.53. The van der Waals surface area contributed by atoms with Gasteiger partial charge in [-0.1, -0.05) is 18.2 Å². The first-order chi connectivity index (χ1) is 12.7. The standard InChI is InChI=1S/C18H15N5O2S/c1-12-14(22-18(25-12)16-7-4-8-26-16)9-17(24)21-13-5-2-3-6-15(13)23-11-19-10-20-23/h2-8,10-11H,9H2,1H3,(H,21,24). The van der Waals surface area contributed by atoms with Gasteiger partial charge >= 0.3 is 0 Å². The first kappa shape index (κ1) is 16.2. The molecule has 3 heterocycles. The van der Waals surface area contributed by atoms with Crippen molar-refractivity contribution in [3.8, 4) is 16.5 Å². The molecule has 0 fully saturated rings. The Morgan fingerprint density at radius 1 is 1.27 bits per heavy atom. The van der Waals surface area contributed by atoms with Crippen LogP contribution in [-0.2, 0) is 11.2 Å². The van der Waals surface area contributed by atoms with Crippen LogP contribution in [0.5, 0.6) is 0 Å². The quantitative estimate of drug-likeness (QED) is 0.585. The molecule has 0 saturated heterocycles. The van der Waals surface area contributed by atoms with Gasteiger partial charge in [-0.2, -0.15) is 5.10 Å². The van der Waals surface area contributed by atoms with Crippen LogP contribution in [0, 0.1) is 6.92 Å². The number of carbonyl (C=O) groups is 1. The van der Waals surface area contributed by atoms with E-state index in [0.29, 0.717) is 23.0 Å². The van der Waals surface area contributed by atoms with Crippen molar-refractivity contribution in [2.24, 2.45) is 0 Å². The molecule has 0 aliphatic rings. The van der Waals surface area contributed by atoms with E-state index in [-0.39, 0.29) is 12.3 Å². The van der Waals surface area contributed by atoms with Crippen molar-refractivity contribution in [2.75, 3.05) is 5.32 Å². The van der Waals surface area contributed by atoms with Gasteiger partial charge in [-0.25, -0.2) is 14.6 Å². The number of carbonyl (C=O) groups excluding carboxylic acids is 1. The van der Waals surface area contributed by atoms with Crippen LogP contribution < -0.4 is 5.32 Å². The molecule has 4 aromatic rings. The molecule has 7 nitrogen and oxygen atoms in total. The molecule has 0 bridgehead atoms. The van der Waals surface area contributed by atoms with Gasteiger partial charge in [0, 0.05) is 0 Å². The molecule has 130 valence electrons. The number of rotatable bonds is 5. The number of nitrogens with zero attached hydrogens (tertiary/aromatic N) is 4. The van der Waals surface area contributed by atoms with E-state index in [2.05, 4.69) is 20.4 Å². The molecular formula is C18H15N5O2S. The van der Waals surface area contributed by atoms with Gasteiger partial charge < -0.3 is 9.73 Å². The summed E-state index contributed by atoms with van der Waals surface area (Å²) in [5.74, 6) is 1.02. The molecule has 8 heteroatoms. The maximum absolute atomic E-state index is 12.5. The van der Waals surface area contributed by atoms with Gasteiger partial charge in [-0.05, 0) is 30.5 Å². The lowest BCUT2D eigenvalue weighted by Gasteiger charge is -2.10. The van der Waals surface area contributed by atoms with Gasteiger partial charge in [0.05, 0.1) is 28.4 Å². The molecule has 0 saturated carbocycles. The molecule has 0 aliphatic heterocycles. The Balaban J connectivity index is 1.52. The van der Waals surface area contributed by atoms with E-state index < -0.39 is 0 Å². The summed E-state index contributed by atoms with van der Waals surface area (Å²) >= 11 is 1.55. The fourth-order valence-corrected chi connectivity index (χ4v) is 3.20. The average molecular weight is 365 g/mol. The van der Waals surface area contributed by atoms with E-state index in [1.54, 1.807) is 22.3 Å². The normalized spacial score (nSPS) is 10.8. The van der Waals surface area contributed by atoms with E-state index in [4.69, 9.17) is 4.42 Å². The first-order valence-corrected chi connectivity index (χ1v) is 8.83. The maximum Gasteiger partial charge on any atom is 0.236 e. The second kappa shape index (κ2) is 6.93. The predicted molar refractivity (Wildman–Crippen MR) is 98.2 cm³/mol. The molecular weight excluding hydrogens is 350 g/mol. The Morgan fingerprint density at radius 2 is 2.15 bits per heavy atom. The molecule has 0 atom stereocenters. The third kappa shape index (κ3) is 3.27. The highest BCUT2D eigenvalue weighted by Gasteiger charge is 2.16. The number of benzene rings is 1. The van der Waals surface area contributed by atoms with Crippen molar-refractivity contribution >= 4 is 22.9 Å². The third-order valence-corrected chi connectivity index (χ3v) is 4.65. The van der Waals surface area contributed by atoms with Crippen LogP contribution >= 0.6 is 11.3 Å². The minimum absolute atomic E-state index is 0.131. The van der Waals surface area contributed by atoms with Gasteiger partial charge in [-0.3, -0.25) is 4.79 Å². The van der Waals surface area contributed by atoms with Crippen LogP contribution in [0.15, 0.2) is 58.9 Å². The van der Waals surface area contributed by atoms with Gasteiger partial charge in [0.1, 0.15) is 18.4 Å². The summed E-state index contributed by atoms with van der Waals surface area (Å²) in [6.45, 7) is 1.82. The molecule has 3 aromatic heterocycles. The van der Waals surface area contributed by atoms with Crippen molar-refractivity contribution in [3.63, 3.8) is 0 Å². The highest BCUT2D eigenvalue weighted by Crippen LogP contribution is 2.26. The van der Waals surface area contributed by atoms with Crippen molar-refractivity contribution in [1.82, 2.24) is 19.7 Å². The zero-order valence-corrected chi connectivity index (χ0v) is 14.7. The third-order valence-electron chi connectivity index (χ3n) is 3.80. The van der Waals surface area contributed by atoms with Crippen molar-refractivity contribution in [2.45, 2.75) is 13.3 Å². The SMILES string of the molecule is Cc1oc(-c2cccs2)nc1CC(=O)Nc1ccccc1-n1cncn1. The first-order valence-electron chi connectivity index (χ1n) is 7.95. The highest BCUT2D eigenvalue weighted by molar-refractivity contribution is 7.13. The molecule has 1 amide bonds. The number of oxazole rings is 1. The van der Waals surface area contributed by atoms with Crippen molar-refractivity contribution in [3.05, 3.63) is 65.9 Å². The Morgan fingerprint density at radius 3 is 2.92 bits per heavy atom. The molecule has 4 rings (SSSR count). The zero-order valence-electron chi connectivity index (χ0n) is 13.9. The predicted octanol–water partition coefficient (Wildman–Crippen LogP) is 3.47. The van der Waals surface area contributed by atoms with Crippen LogP contribution in [0.4, 0.5) is 5.69 Å². The molecule has 26 heavy (non-hydrogen) atoms. The Hall–Kier alpha value is -3.26. The van der Waals surface area contributed by atoms with Gasteiger partial charge in [0.15, 0.2) is 0 Å². The summed E-state index contributed by atoms with van der Waals surface area (Å²) in [6, 6.07) is 11.3. The number of aryl methyl sites for hydroxylation is 1. The van der Waals surface area contributed by atoms with Crippen LogP contribution in [0.2, 0.25) is 0 Å². The topological polar surface area (TPSA) is 85.8 Å². The number of amides is 1. The summed E-state index contributed by atoms with van der Waals surface area (Å²) < 4.78 is 7.29. The molecule has 0 unspecified atom stereocenters. The molecule has 0 spiro atoms. The van der Waals surface area contributed by atoms with Crippen LogP contribution in [-0.4, -0.2) is 25.7 Å². The van der Waals surface area contributed by atoms with E-state index >= 15 is 0 Å². The summed E-state index contributed by atoms with van der Waals surface area (Å²) in [4.78, 5) is 21.9. The summed E-state index contributed by atoms with van der Waals surface area (Å²) in [5, 5.41) is 8.98. The largest absolute Gasteiger partial charge is 0.440 e. The summed E-state index contributed by atoms with van der Waals surface area (Å²) in [7, 11) is 0. The van der Waals surface area contributed by atoms with Crippen LogP contribution in [0.25, 0.3) is 16.5 Å². The fraction of sp³-hybridized carbons (Fsp3) is 0.111. The Bertz CT molecular complexity index is 1020. The van der Waals surface area contributed by atoms with Gasteiger partial charge in [-0.15, -0.1) is 11.3 Å². The zero-order chi connectivity index (χ0) is 17.9. The number of hydrogen-bond acceptors (Lipinski definition) is 6. The maximum atomic E-state index is 12.5. The summed E-state index contributed by atoms with van der Waals surface area (Å²) in [6.07, 6.45) is 3.16. The smallest absolute Gasteiger partial charge is 0.236 e. The monoisotopic (exact) mass is 365 g/mol. The second-order valence-electron chi connectivity index (χ2n) is 5.58. The number of thiophene rings is 1. The minimum Gasteiger partial charge on any atom is -0.440 e. The lowest BCUT2D eigenvalue weighted by Crippen LogP contribution is -2.16. The number of para-hydroxylation sites is 2. The molecule has 0 radical (unpaired) electrons. The number of hydrogen-bond donors (Lipinski definition) is 1. The molecule has 0 aliphatic carbocycles. The average Bonchev–Trinajstić information content (AvgIpc) is 3.37. The number of aromatic nitrogens is 4. The summed E-state index contributed by atoms with van der Waals surface area (Å²) in [5.41, 5.74) is 2.03. The van der Waals surface area contributed by atoms with E-state index in [1.165, 1.54) is 6.33 Å². The Labute approximate surface area is 153 Å². The minimum atomic E-state index is -0.174. The van der Waals surface area contributed by atoms with Crippen LogP contribution in [0.1, 0.15) is 11.5 Å². The number of anilines is 1. The highest BCUT2D eigenvalue weighted by atomic mass is 32.1. The lowest BCUT2D eigenvalue weighted by atomic mass is 10.2. The van der Waals surface area contributed by atoms with Gasteiger partial charge in [0.2, 0.25) is 11.8 Å². The van der Waals surface area contributed by atoms with E-state index in [1.807, 2.05) is 48.7 Å². The van der Waals surface area contributed by atoms with Gasteiger partial charge in [0.25, 0.3) is 0 Å². The fourth-order valence-electron chi connectivity index (χ4n) is 2.56. The van der Waals surface area contributed by atoms with Crippen molar-refractivity contribution in [1.29, 1.82) is 0 Å². The Kier molecular flexibility index (Phi) is 4.32. The van der Waals surface area contributed by atoms with E-state index in [0.717, 1.165) is 10.6 Å². The molecule has 1 N–H and O–H groups in total. The number of nitrogens with one attached hydrogen (secondary N) is 1. The van der Waals surface area contributed by atoms with Crippen molar-refractivity contribution < 1.29 is 9.21 Å². The molecule has 1 aromatic carbocycles. The van der Waals surface area contributed by atoms with Crippen LogP contribution in [0.3, 0.4) is 0 Å². The van der Waals surface area contributed by atoms with E-state index in [9.17, 15) is 4.79 Å². The lowest BCUT2D eigenvalue weighted by molar-refractivity contribution is -0.115.